The Morgan fingerprint density at radius 1 is 1.17 bits per heavy atom. The highest BCUT2D eigenvalue weighted by Gasteiger charge is 2.07. The van der Waals surface area contributed by atoms with Crippen LogP contribution in [0.4, 0.5) is 5.69 Å². The zero-order valence-electron chi connectivity index (χ0n) is 12.7. The van der Waals surface area contributed by atoms with Gasteiger partial charge in [0.25, 0.3) is 0 Å². The van der Waals surface area contributed by atoms with Crippen LogP contribution in [0.15, 0.2) is 66.4 Å². The molecule has 0 amide bonds. The Balaban J connectivity index is 1.93. The Hall–Kier alpha value is -3.26. The predicted molar refractivity (Wildman–Crippen MR) is 86.6 cm³/mol. The summed E-state index contributed by atoms with van der Waals surface area (Å²) in [7, 11) is 1.23. The third-order valence-corrected chi connectivity index (χ3v) is 3.01. The molecule has 0 saturated carbocycles. The number of hydrogen-bond donors (Lipinski definition) is 1. The number of methoxy groups -OCH3 is 1. The number of nitrogens with zero attached hydrogens (tertiary/aromatic N) is 1. The Morgan fingerprint density at radius 2 is 1.87 bits per heavy atom. The van der Waals surface area contributed by atoms with Crippen LogP contribution in [-0.2, 0) is 16.1 Å². The van der Waals surface area contributed by atoms with Crippen molar-refractivity contribution in [2.45, 2.75) is 6.61 Å². The van der Waals surface area contributed by atoms with Crippen LogP contribution in [0, 0.1) is 11.3 Å². The van der Waals surface area contributed by atoms with E-state index in [0.29, 0.717) is 6.61 Å². The molecule has 5 heteroatoms. The SMILES string of the molecule is COC(=O)/C(C#N)=C\Nc1ccc(OCc2ccccc2)cc1. The van der Waals surface area contributed by atoms with Crippen molar-refractivity contribution in [3.05, 3.63) is 71.9 Å². The van der Waals surface area contributed by atoms with Gasteiger partial charge in [0.1, 0.15) is 18.4 Å². The number of hydrogen-bond acceptors (Lipinski definition) is 5. The molecular formula is C18H16N2O3. The molecule has 116 valence electrons. The molecule has 2 aromatic carbocycles. The molecule has 0 atom stereocenters. The lowest BCUT2D eigenvalue weighted by atomic mass is 10.2. The minimum Gasteiger partial charge on any atom is -0.489 e. The second-order valence-corrected chi connectivity index (χ2v) is 4.60. The highest BCUT2D eigenvalue weighted by Crippen LogP contribution is 2.17. The van der Waals surface area contributed by atoms with E-state index in [0.717, 1.165) is 17.0 Å². The molecule has 2 rings (SSSR count). The largest absolute Gasteiger partial charge is 0.489 e. The molecule has 0 saturated heterocycles. The van der Waals surface area contributed by atoms with Crippen molar-refractivity contribution in [1.29, 1.82) is 5.26 Å². The number of anilines is 1. The molecule has 23 heavy (non-hydrogen) atoms. The first kappa shape index (κ1) is 16.1. The van der Waals surface area contributed by atoms with Crippen molar-refractivity contribution in [2.75, 3.05) is 12.4 Å². The van der Waals surface area contributed by atoms with Gasteiger partial charge in [0.15, 0.2) is 5.57 Å². The summed E-state index contributed by atoms with van der Waals surface area (Å²) < 4.78 is 10.2. The van der Waals surface area contributed by atoms with Gasteiger partial charge in [-0.2, -0.15) is 5.26 Å². The molecule has 5 nitrogen and oxygen atoms in total. The van der Waals surface area contributed by atoms with Gasteiger partial charge in [-0.3, -0.25) is 0 Å². The fourth-order valence-corrected chi connectivity index (χ4v) is 1.79. The predicted octanol–water partition coefficient (Wildman–Crippen LogP) is 3.26. The molecule has 0 aliphatic heterocycles. The number of nitrogens with one attached hydrogen (secondary N) is 1. The van der Waals surface area contributed by atoms with Crippen LogP contribution < -0.4 is 10.1 Å². The first-order valence-electron chi connectivity index (χ1n) is 6.95. The molecule has 0 spiro atoms. The van der Waals surface area contributed by atoms with E-state index >= 15 is 0 Å². The number of esters is 1. The molecule has 0 unspecified atom stereocenters. The monoisotopic (exact) mass is 308 g/mol. The number of benzene rings is 2. The number of nitriles is 1. The van der Waals surface area contributed by atoms with Crippen molar-refractivity contribution in [3.8, 4) is 11.8 Å². The Kier molecular flexibility index (Phi) is 5.78. The zero-order chi connectivity index (χ0) is 16.5. The summed E-state index contributed by atoms with van der Waals surface area (Å²) in [5, 5.41) is 11.7. The molecule has 0 aromatic heterocycles. The molecule has 2 aromatic rings. The number of rotatable bonds is 6. The highest BCUT2D eigenvalue weighted by atomic mass is 16.5. The van der Waals surface area contributed by atoms with Gasteiger partial charge >= 0.3 is 5.97 Å². The molecule has 0 aliphatic carbocycles. The van der Waals surface area contributed by atoms with Crippen molar-refractivity contribution < 1.29 is 14.3 Å². The molecule has 0 aliphatic rings. The standard InChI is InChI=1S/C18H16N2O3/c1-22-18(21)15(11-19)12-20-16-7-9-17(10-8-16)23-13-14-5-3-2-4-6-14/h2-10,12,20H,13H2,1H3/b15-12-. The summed E-state index contributed by atoms with van der Waals surface area (Å²) >= 11 is 0. The molecule has 0 fully saturated rings. The van der Waals surface area contributed by atoms with Crippen LogP contribution in [0.3, 0.4) is 0 Å². The van der Waals surface area contributed by atoms with Crippen LogP contribution in [0.1, 0.15) is 5.56 Å². The van der Waals surface area contributed by atoms with Crippen molar-refractivity contribution in [1.82, 2.24) is 0 Å². The van der Waals surface area contributed by atoms with Gasteiger partial charge in [-0.05, 0) is 29.8 Å². The maximum atomic E-state index is 11.3. The minimum absolute atomic E-state index is 0.100. The van der Waals surface area contributed by atoms with Gasteiger partial charge in [-0.15, -0.1) is 0 Å². The molecule has 0 heterocycles. The van der Waals surface area contributed by atoms with Crippen LogP contribution in [-0.4, -0.2) is 13.1 Å². The minimum atomic E-state index is -0.678. The lowest BCUT2D eigenvalue weighted by Gasteiger charge is -2.07. The van der Waals surface area contributed by atoms with E-state index in [1.165, 1.54) is 13.3 Å². The second kappa shape index (κ2) is 8.25. The Bertz CT molecular complexity index is 716. The van der Waals surface area contributed by atoms with Gasteiger partial charge in [0, 0.05) is 11.9 Å². The summed E-state index contributed by atoms with van der Waals surface area (Å²) in [5.41, 5.74) is 1.72. The van der Waals surface area contributed by atoms with Gasteiger partial charge < -0.3 is 14.8 Å². The molecular weight excluding hydrogens is 292 g/mol. The summed E-state index contributed by atoms with van der Waals surface area (Å²) in [4.78, 5) is 11.3. The first-order chi connectivity index (χ1) is 11.2. The van der Waals surface area contributed by atoms with Gasteiger partial charge in [-0.25, -0.2) is 4.79 Å². The van der Waals surface area contributed by atoms with E-state index in [9.17, 15) is 4.79 Å². The van der Waals surface area contributed by atoms with Crippen molar-refractivity contribution >= 4 is 11.7 Å². The van der Waals surface area contributed by atoms with Crippen LogP contribution >= 0.6 is 0 Å². The van der Waals surface area contributed by atoms with Crippen molar-refractivity contribution in [3.63, 3.8) is 0 Å². The maximum Gasteiger partial charge on any atom is 0.350 e. The van der Waals surface area contributed by atoms with Gasteiger partial charge in [0.05, 0.1) is 7.11 Å². The van der Waals surface area contributed by atoms with E-state index in [4.69, 9.17) is 10.00 Å². The summed E-state index contributed by atoms with van der Waals surface area (Å²) in [6, 6.07) is 18.9. The zero-order valence-corrected chi connectivity index (χ0v) is 12.7. The summed E-state index contributed by atoms with van der Waals surface area (Å²) in [5.74, 6) is 0.0553. The number of carbonyl (C=O) groups excluding carboxylic acids is 1. The highest BCUT2D eigenvalue weighted by molar-refractivity contribution is 5.93. The summed E-state index contributed by atoms with van der Waals surface area (Å²) in [6.45, 7) is 0.494. The molecule has 0 radical (unpaired) electrons. The molecule has 0 bridgehead atoms. The van der Waals surface area contributed by atoms with Crippen LogP contribution in [0.5, 0.6) is 5.75 Å². The van der Waals surface area contributed by atoms with E-state index < -0.39 is 5.97 Å². The topological polar surface area (TPSA) is 71.4 Å². The fourth-order valence-electron chi connectivity index (χ4n) is 1.79. The van der Waals surface area contributed by atoms with E-state index in [1.54, 1.807) is 18.2 Å². The third kappa shape index (κ3) is 4.90. The quantitative estimate of drug-likeness (QED) is 0.504. The van der Waals surface area contributed by atoms with E-state index in [2.05, 4.69) is 10.1 Å². The lowest BCUT2D eigenvalue weighted by molar-refractivity contribution is -0.135. The second-order valence-electron chi connectivity index (χ2n) is 4.60. The van der Waals surface area contributed by atoms with Gasteiger partial charge in [0.2, 0.25) is 0 Å². The van der Waals surface area contributed by atoms with E-state index in [1.807, 2.05) is 42.5 Å². The normalized spacial score (nSPS) is 10.5. The Morgan fingerprint density at radius 3 is 2.48 bits per heavy atom. The molecule has 1 N–H and O–H groups in total. The fraction of sp³-hybridized carbons (Fsp3) is 0.111. The van der Waals surface area contributed by atoms with Crippen LogP contribution in [0.2, 0.25) is 0 Å². The average Bonchev–Trinajstić information content (AvgIpc) is 2.62. The number of ether oxygens (including phenoxy) is 2. The average molecular weight is 308 g/mol. The summed E-state index contributed by atoms with van der Waals surface area (Å²) in [6.07, 6.45) is 1.31. The van der Waals surface area contributed by atoms with Crippen molar-refractivity contribution in [2.24, 2.45) is 0 Å². The number of carbonyl (C=O) groups is 1. The first-order valence-corrected chi connectivity index (χ1v) is 6.95. The third-order valence-electron chi connectivity index (χ3n) is 3.01. The van der Waals surface area contributed by atoms with Gasteiger partial charge in [-0.1, -0.05) is 30.3 Å². The van der Waals surface area contributed by atoms with Crippen LogP contribution in [0.25, 0.3) is 0 Å². The lowest BCUT2D eigenvalue weighted by Crippen LogP contribution is -2.05. The Labute approximate surface area is 134 Å². The smallest absolute Gasteiger partial charge is 0.350 e. The maximum absolute atomic E-state index is 11.3. The van der Waals surface area contributed by atoms with E-state index in [-0.39, 0.29) is 5.57 Å².